The summed E-state index contributed by atoms with van der Waals surface area (Å²) in [5, 5.41) is 20.2. The fourth-order valence-electron chi connectivity index (χ4n) is 3.12. The monoisotopic (exact) mass is 293 g/mol. The Labute approximate surface area is 127 Å². The summed E-state index contributed by atoms with van der Waals surface area (Å²) in [6, 6.07) is 11.6. The minimum Gasteiger partial charge on any atom is -0.361 e. The van der Waals surface area contributed by atoms with Gasteiger partial charge in [-0.2, -0.15) is 0 Å². The maximum atomic E-state index is 11.0. The van der Waals surface area contributed by atoms with Gasteiger partial charge in [-0.05, 0) is 29.2 Å². The predicted octanol–water partition coefficient (Wildman–Crippen LogP) is 3.53. The average molecular weight is 293 g/mol. The maximum absolute atomic E-state index is 11.0. The van der Waals surface area contributed by atoms with Gasteiger partial charge in [-0.25, -0.2) is 0 Å². The lowest BCUT2D eigenvalue weighted by Crippen LogP contribution is -2.35. The molecule has 0 saturated carbocycles. The molecule has 0 spiro atoms. The molecule has 0 amide bonds. The lowest BCUT2D eigenvalue weighted by molar-refractivity contribution is -0.508. The van der Waals surface area contributed by atoms with Crippen molar-refractivity contribution < 1.29 is 4.92 Å². The van der Waals surface area contributed by atoms with Crippen LogP contribution in [0.1, 0.15) is 6.42 Å². The first-order valence-corrected chi connectivity index (χ1v) is 7.29. The van der Waals surface area contributed by atoms with Crippen LogP contribution in [0.2, 0.25) is 0 Å². The molecule has 4 rings (SSSR count). The summed E-state index contributed by atoms with van der Waals surface area (Å²) in [4.78, 5) is 10.8. The second-order valence-corrected chi connectivity index (χ2v) is 5.59. The van der Waals surface area contributed by atoms with Crippen molar-refractivity contribution in [2.45, 2.75) is 18.6 Å². The third-order valence-electron chi connectivity index (χ3n) is 4.18. The van der Waals surface area contributed by atoms with E-state index < -0.39 is 6.04 Å². The average Bonchev–Trinajstić information content (AvgIpc) is 2.55. The van der Waals surface area contributed by atoms with Crippen LogP contribution in [0, 0.1) is 10.1 Å². The lowest BCUT2D eigenvalue weighted by atomic mass is 9.98. The normalized spacial score (nSPS) is 20.2. The zero-order valence-corrected chi connectivity index (χ0v) is 11.8. The SMILES string of the molecule is O=[N+]([O-])C1C=C(C2Nc3cccc4cccc(c34)N2)C=CC1. The van der Waals surface area contributed by atoms with Gasteiger partial charge in [0, 0.05) is 28.1 Å². The van der Waals surface area contributed by atoms with E-state index in [0.717, 1.165) is 22.3 Å². The Balaban J connectivity index is 1.73. The number of benzene rings is 2. The molecule has 110 valence electrons. The zero-order chi connectivity index (χ0) is 15.1. The molecule has 2 aromatic rings. The van der Waals surface area contributed by atoms with Crippen molar-refractivity contribution in [3.63, 3.8) is 0 Å². The first-order chi connectivity index (χ1) is 10.7. The molecule has 22 heavy (non-hydrogen) atoms. The summed E-state index contributed by atoms with van der Waals surface area (Å²) in [7, 11) is 0. The van der Waals surface area contributed by atoms with Crippen LogP contribution in [0.3, 0.4) is 0 Å². The van der Waals surface area contributed by atoms with Crippen LogP contribution in [0.5, 0.6) is 0 Å². The molecule has 2 aliphatic rings. The van der Waals surface area contributed by atoms with Gasteiger partial charge >= 0.3 is 0 Å². The van der Waals surface area contributed by atoms with Crippen molar-refractivity contribution >= 4 is 22.1 Å². The van der Waals surface area contributed by atoms with Crippen molar-refractivity contribution in [2.24, 2.45) is 0 Å². The molecule has 2 N–H and O–H groups in total. The van der Waals surface area contributed by atoms with Gasteiger partial charge in [0.2, 0.25) is 6.04 Å². The minimum absolute atomic E-state index is 0.153. The standard InChI is InChI=1S/C17H15N3O2/c21-20(22)13-7-1-6-12(10-13)17-18-14-8-2-4-11-5-3-9-15(19-17)16(11)14/h1-6,8-10,13,17-19H,7H2. The van der Waals surface area contributed by atoms with E-state index in [9.17, 15) is 10.1 Å². The quantitative estimate of drug-likeness (QED) is 0.656. The fraction of sp³-hybridized carbons (Fsp3) is 0.176. The van der Waals surface area contributed by atoms with Gasteiger partial charge in [-0.15, -0.1) is 0 Å². The van der Waals surface area contributed by atoms with Gasteiger partial charge in [0.25, 0.3) is 0 Å². The number of hydrogen-bond acceptors (Lipinski definition) is 4. The van der Waals surface area contributed by atoms with Crippen LogP contribution in [0.15, 0.2) is 60.2 Å². The summed E-state index contributed by atoms with van der Waals surface area (Å²) in [6.07, 6.45) is 5.86. The molecule has 5 heteroatoms. The number of nitro groups is 1. The van der Waals surface area contributed by atoms with Gasteiger partial charge < -0.3 is 10.6 Å². The first-order valence-electron chi connectivity index (χ1n) is 7.29. The van der Waals surface area contributed by atoms with Gasteiger partial charge in [0.1, 0.15) is 6.17 Å². The highest BCUT2D eigenvalue weighted by atomic mass is 16.6. The van der Waals surface area contributed by atoms with E-state index in [0.29, 0.717) is 6.42 Å². The summed E-state index contributed by atoms with van der Waals surface area (Å²) < 4.78 is 0. The summed E-state index contributed by atoms with van der Waals surface area (Å²) in [5.74, 6) is 0. The molecule has 1 unspecified atom stereocenters. The van der Waals surface area contributed by atoms with E-state index in [1.807, 2.05) is 36.4 Å². The molecule has 1 heterocycles. The van der Waals surface area contributed by atoms with E-state index in [4.69, 9.17) is 0 Å². The van der Waals surface area contributed by atoms with Gasteiger partial charge in [-0.1, -0.05) is 36.4 Å². The van der Waals surface area contributed by atoms with Crippen LogP contribution in [0.4, 0.5) is 11.4 Å². The van der Waals surface area contributed by atoms with Crippen LogP contribution in [0.25, 0.3) is 10.8 Å². The highest BCUT2D eigenvalue weighted by molar-refractivity contribution is 6.05. The van der Waals surface area contributed by atoms with E-state index in [1.165, 1.54) is 5.39 Å². The van der Waals surface area contributed by atoms with Gasteiger partial charge in [-0.3, -0.25) is 10.1 Å². The molecule has 5 nitrogen and oxygen atoms in total. The van der Waals surface area contributed by atoms with Crippen LogP contribution >= 0.6 is 0 Å². The smallest absolute Gasteiger partial charge is 0.235 e. The van der Waals surface area contributed by atoms with E-state index in [-0.39, 0.29) is 11.1 Å². The van der Waals surface area contributed by atoms with Crippen molar-refractivity contribution in [2.75, 3.05) is 10.6 Å². The molecule has 0 fully saturated rings. The van der Waals surface area contributed by atoms with Crippen molar-refractivity contribution in [1.29, 1.82) is 0 Å². The highest BCUT2D eigenvalue weighted by Gasteiger charge is 2.26. The van der Waals surface area contributed by atoms with Crippen molar-refractivity contribution in [3.8, 4) is 0 Å². The number of nitrogens with one attached hydrogen (secondary N) is 2. The first kappa shape index (κ1) is 12.9. The molecular formula is C17H15N3O2. The molecule has 0 aromatic heterocycles. The molecule has 2 aromatic carbocycles. The lowest BCUT2D eigenvalue weighted by Gasteiger charge is -2.31. The topological polar surface area (TPSA) is 67.2 Å². The summed E-state index contributed by atoms with van der Waals surface area (Å²) in [5.41, 5.74) is 3.00. The summed E-state index contributed by atoms with van der Waals surface area (Å²) in [6.45, 7) is 0. The Morgan fingerprint density at radius 2 is 1.77 bits per heavy atom. The molecular weight excluding hydrogens is 278 g/mol. The highest BCUT2D eigenvalue weighted by Crippen LogP contribution is 2.36. The molecule has 1 aliphatic carbocycles. The third kappa shape index (κ3) is 2.02. The van der Waals surface area contributed by atoms with Gasteiger partial charge in [0.15, 0.2) is 0 Å². The van der Waals surface area contributed by atoms with Crippen LogP contribution in [-0.4, -0.2) is 17.1 Å². The Bertz CT molecular complexity index is 785. The summed E-state index contributed by atoms with van der Waals surface area (Å²) >= 11 is 0. The Morgan fingerprint density at radius 1 is 1.09 bits per heavy atom. The second kappa shape index (κ2) is 4.87. The van der Waals surface area contributed by atoms with Crippen LogP contribution in [-0.2, 0) is 0 Å². The molecule has 1 aliphatic heterocycles. The maximum Gasteiger partial charge on any atom is 0.235 e. The number of anilines is 2. The van der Waals surface area contributed by atoms with E-state index >= 15 is 0 Å². The van der Waals surface area contributed by atoms with Crippen LogP contribution < -0.4 is 10.6 Å². The second-order valence-electron chi connectivity index (χ2n) is 5.59. The fourth-order valence-corrected chi connectivity index (χ4v) is 3.12. The number of nitrogens with zero attached hydrogens (tertiary/aromatic N) is 1. The minimum atomic E-state index is -0.642. The molecule has 1 atom stereocenters. The Hall–Kier alpha value is -2.82. The number of hydrogen-bond donors (Lipinski definition) is 2. The number of rotatable bonds is 2. The molecule has 0 bridgehead atoms. The zero-order valence-electron chi connectivity index (χ0n) is 11.8. The molecule has 0 radical (unpaired) electrons. The van der Waals surface area contributed by atoms with Crippen molar-refractivity contribution in [3.05, 3.63) is 70.3 Å². The molecule has 0 saturated heterocycles. The Kier molecular flexibility index (Phi) is 2.85. The van der Waals surface area contributed by atoms with E-state index in [1.54, 1.807) is 6.08 Å². The predicted molar refractivity (Wildman–Crippen MR) is 87.6 cm³/mol. The largest absolute Gasteiger partial charge is 0.361 e. The Morgan fingerprint density at radius 3 is 2.41 bits per heavy atom. The van der Waals surface area contributed by atoms with Crippen molar-refractivity contribution in [1.82, 2.24) is 0 Å². The third-order valence-corrected chi connectivity index (χ3v) is 4.18. The van der Waals surface area contributed by atoms with Gasteiger partial charge in [0.05, 0.1) is 0 Å². The van der Waals surface area contributed by atoms with E-state index in [2.05, 4.69) is 22.8 Å².